The molecule has 1 aromatic rings. The summed E-state index contributed by atoms with van der Waals surface area (Å²) < 4.78 is 0. The summed E-state index contributed by atoms with van der Waals surface area (Å²) in [6, 6.07) is 1.72. The van der Waals surface area contributed by atoms with Crippen LogP contribution in [0.3, 0.4) is 0 Å². The van der Waals surface area contributed by atoms with E-state index in [-0.39, 0.29) is 17.7 Å². The summed E-state index contributed by atoms with van der Waals surface area (Å²) in [5.41, 5.74) is 6.63. The van der Waals surface area contributed by atoms with Gasteiger partial charge in [-0.3, -0.25) is 14.7 Å². The number of aromatic amines is 1. The van der Waals surface area contributed by atoms with Crippen LogP contribution in [0, 0.1) is 12.8 Å². The molecule has 1 aliphatic heterocycles. The van der Waals surface area contributed by atoms with Crippen molar-refractivity contribution in [3.63, 3.8) is 0 Å². The monoisotopic (exact) mass is 279 g/mol. The molecule has 0 bridgehead atoms. The largest absolute Gasteiger partial charge is 0.355 e. The highest BCUT2D eigenvalue weighted by molar-refractivity contribution is 5.93. The van der Waals surface area contributed by atoms with E-state index in [1.165, 1.54) is 0 Å². The molecule has 1 fully saturated rings. The Labute approximate surface area is 117 Å². The van der Waals surface area contributed by atoms with Crippen LogP contribution in [0.25, 0.3) is 0 Å². The fourth-order valence-corrected chi connectivity index (χ4v) is 2.40. The standard InChI is InChI=1S/C13H21N5O2/c1-9-7-11(17-16-9)13(20)18-6-2-3-10(8-18)12(19)15-5-4-14/h7,10H,2-6,8,14H2,1H3,(H,15,19)(H,16,17). The van der Waals surface area contributed by atoms with E-state index in [9.17, 15) is 9.59 Å². The number of H-pyrrole nitrogens is 1. The molecule has 7 nitrogen and oxygen atoms in total. The molecule has 0 spiro atoms. The summed E-state index contributed by atoms with van der Waals surface area (Å²) >= 11 is 0. The highest BCUT2D eigenvalue weighted by Crippen LogP contribution is 2.18. The Balaban J connectivity index is 1.96. The number of rotatable bonds is 4. The van der Waals surface area contributed by atoms with Gasteiger partial charge < -0.3 is 16.0 Å². The Morgan fingerprint density at radius 1 is 1.60 bits per heavy atom. The zero-order chi connectivity index (χ0) is 14.5. The number of nitrogens with zero attached hydrogens (tertiary/aromatic N) is 2. The number of aryl methyl sites for hydroxylation is 1. The second kappa shape index (κ2) is 6.51. The number of hydrogen-bond acceptors (Lipinski definition) is 4. The van der Waals surface area contributed by atoms with Crippen LogP contribution < -0.4 is 11.1 Å². The lowest BCUT2D eigenvalue weighted by Crippen LogP contribution is -2.46. The lowest BCUT2D eigenvalue weighted by molar-refractivity contribution is -0.126. The van der Waals surface area contributed by atoms with E-state index >= 15 is 0 Å². The molecule has 1 unspecified atom stereocenters. The third-order valence-electron chi connectivity index (χ3n) is 3.45. The highest BCUT2D eigenvalue weighted by Gasteiger charge is 2.29. The number of piperidine rings is 1. The molecule has 1 atom stereocenters. The molecule has 1 aliphatic rings. The van der Waals surface area contributed by atoms with Gasteiger partial charge in [0.15, 0.2) is 0 Å². The van der Waals surface area contributed by atoms with Gasteiger partial charge in [-0.25, -0.2) is 0 Å². The maximum Gasteiger partial charge on any atom is 0.274 e. The molecule has 110 valence electrons. The number of carbonyl (C=O) groups is 2. The summed E-state index contributed by atoms with van der Waals surface area (Å²) in [7, 11) is 0. The van der Waals surface area contributed by atoms with Crippen LogP contribution in [0.15, 0.2) is 6.07 Å². The zero-order valence-corrected chi connectivity index (χ0v) is 11.7. The van der Waals surface area contributed by atoms with Gasteiger partial charge in [0.05, 0.1) is 5.92 Å². The molecule has 0 radical (unpaired) electrons. The van der Waals surface area contributed by atoms with Crippen molar-refractivity contribution < 1.29 is 9.59 Å². The predicted octanol–water partition coefficient (Wildman–Crippen LogP) is -0.355. The van der Waals surface area contributed by atoms with E-state index in [2.05, 4.69) is 15.5 Å². The minimum Gasteiger partial charge on any atom is -0.355 e. The maximum absolute atomic E-state index is 12.3. The summed E-state index contributed by atoms with van der Waals surface area (Å²) in [6.07, 6.45) is 1.63. The number of likely N-dealkylation sites (tertiary alicyclic amines) is 1. The number of amides is 2. The fourth-order valence-electron chi connectivity index (χ4n) is 2.40. The Bertz CT molecular complexity index is 485. The van der Waals surface area contributed by atoms with Crippen molar-refractivity contribution in [1.82, 2.24) is 20.4 Å². The molecule has 1 saturated heterocycles. The number of carbonyl (C=O) groups excluding carboxylic acids is 2. The maximum atomic E-state index is 12.3. The number of nitrogens with one attached hydrogen (secondary N) is 2. The van der Waals surface area contributed by atoms with E-state index in [4.69, 9.17) is 5.73 Å². The van der Waals surface area contributed by atoms with Crippen molar-refractivity contribution in [2.45, 2.75) is 19.8 Å². The molecule has 2 heterocycles. The first-order valence-electron chi connectivity index (χ1n) is 6.91. The van der Waals surface area contributed by atoms with Crippen molar-refractivity contribution >= 4 is 11.8 Å². The minimum atomic E-state index is -0.153. The minimum absolute atomic E-state index is 0.0221. The molecule has 7 heteroatoms. The van der Waals surface area contributed by atoms with Gasteiger partial charge in [0.2, 0.25) is 5.91 Å². The second-order valence-corrected chi connectivity index (χ2v) is 5.11. The lowest BCUT2D eigenvalue weighted by Gasteiger charge is -2.31. The zero-order valence-electron chi connectivity index (χ0n) is 11.7. The summed E-state index contributed by atoms with van der Waals surface area (Å²) in [6.45, 7) is 3.87. The number of nitrogens with two attached hydrogens (primary N) is 1. The summed E-state index contributed by atoms with van der Waals surface area (Å²) in [5.74, 6) is -0.295. The number of aromatic nitrogens is 2. The molecule has 0 saturated carbocycles. The third-order valence-corrected chi connectivity index (χ3v) is 3.45. The van der Waals surface area contributed by atoms with Crippen molar-refractivity contribution in [1.29, 1.82) is 0 Å². The lowest BCUT2D eigenvalue weighted by atomic mass is 9.97. The van der Waals surface area contributed by atoms with Gasteiger partial charge in [-0.05, 0) is 25.8 Å². The molecule has 0 aliphatic carbocycles. The summed E-state index contributed by atoms with van der Waals surface area (Å²) in [4.78, 5) is 25.9. The van der Waals surface area contributed by atoms with Crippen LogP contribution in [0.2, 0.25) is 0 Å². The Morgan fingerprint density at radius 3 is 3.05 bits per heavy atom. The van der Waals surface area contributed by atoms with Crippen LogP contribution >= 0.6 is 0 Å². The first kappa shape index (κ1) is 14.5. The molecule has 2 amide bonds. The Hall–Kier alpha value is -1.89. The van der Waals surface area contributed by atoms with Crippen molar-refractivity contribution in [2.24, 2.45) is 11.7 Å². The second-order valence-electron chi connectivity index (χ2n) is 5.11. The van der Waals surface area contributed by atoms with Crippen LogP contribution in [0.5, 0.6) is 0 Å². The van der Waals surface area contributed by atoms with E-state index < -0.39 is 0 Å². The average molecular weight is 279 g/mol. The molecular formula is C13H21N5O2. The van der Waals surface area contributed by atoms with Crippen LogP contribution in [0.4, 0.5) is 0 Å². The number of hydrogen-bond donors (Lipinski definition) is 3. The van der Waals surface area contributed by atoms with Crippen molar-refractivity contribution in [3.05, 3.63) is 17.5 Å². The topological polar surface area (TPSA) is 104 Å². The van der Waals surface area contributed by atoms with Crippen LogP contribution in [0.1, 0.15) is 29.0 Å². The smallest absolute Gasteiger partial charge is 0.274 e. The van der Waals surface area contributed by atoms with Gasteiger partial charge in [-0.1, -0.05) is 0 Å². The van der Waals surface area contributed by atoms with Gasteiger partial charge in [-0.15, -0.1) is 0 Å². The van der Waals surface area contributed by atoms with Gasteiger partial charge >= 0.3 is 0 Å². The fraction of sp³-hybridized carbons (Fsp3) is 0.615. The van der Waals surface area contributed by atoms with Gasteiger partial charge in [0, 0.05) is 31.9 Å². The molecular weight excluding hydrogens is 258 g/mol. The molecule has 4 N–H and O–H groups in total. The SMILES string of the molecule is Cc1cc(C(=O)N2CCCC(C(=O)NCCN)C2)n[nH]1. The van der Waals surface area contributed by atoms with E-state index in [0.717, 1.165) is 18.5 Å². The molecule has 1 aromatic heterocycles. The predicted molar refractivity (Wildman–Crippen MR) is 74.0 cm³/mol. The van der Waals surface area contributed by atoms with Crippen molar-refractivity contribution in [3.8, 4) is 0 Å². The van der Waals surface area contributed by atoms with Crippen molar-refractivity contribution in [2.75, 3.05) is 26.2 Å². The van der Waals surface area contributed by atoms with Gasteiger partial charge in [0.25, 0.3) is 5.91 Å². The van der Waals surface area contributed by atoms with E-state index in [1.807, 2.05) is 6.92 Å². The Kier molecular flexibility index (Phi) is 4.73. The molecule has 20 heavy (non-hydrogen) atoms. The first-order chi connectivity index (χ1) is 9.61. The van der Waals surface area contributed by atoms with Gasteiger partial charge in [-0.2, -0.15) is 5.10 Å². The van der Waals surface area contributed by atoms with E-state index in [1.54, 1.807) is 11.0 Å². The van der Waals surface area contributed by atoms with Crippen LogP contribution in [-0.4, -0.2) is 53.1 Å². The third kappa shape index (κ3) is 3.36. The first-order valence-corrected chi connectivity index (χ1v) is 6.91. The Morgan fingerprint density at radius 2 is 2.40 bits per heavy atom. The highest BCUT2D eigenvalue weighted by atomic mass is 16.2. The van der Waals surface area contributed by atoms with Gasteiger partial charge in [0.1, 0.15) is 5.69 Å². The normalized spacial score (nSPS) is 18.9. The molecule has 2 rings (SSSR count). The van der Waals surface area contributed by atoms with Crippen LogP contribution in [-0.2, 0) is 4.79 Å². The molecule has 0 aromatic carbocycles. The average Bonchev–Trinajstić information content (AvgIpc) is 2.90. The van der Waals surface area contributed by atoms with E-state index in [0.29, 0.717) is 31.9 Å². The summed E-state index contributed by atoms with van der Waals surface area (Å²) in [5, 5.41) is 9.52. The quantitative estimate of drug-likeness (QED) is 0.700.